The molecule has 0 aromatic heterocycles. The van der Waals surface area contributed by atoms with Crippen LogP contribution >= 0.6 is 0 Å². The highest BCUT2D eigenvalue weighted by molar-refractivity contribution is 5.93. The summed E-state index contributed by atoms with van der Waals surface area (Å²) < 4.78 is 13.7. The van der Waals surface area contributed by atoms with Gasteiger partial charge in [0.2, 0.25) is 0 Å². The van der Waals surface area contributed by atoms with Gasteiger partial charge in [-0.1, -0.05) is 13.8 Å². The Balaban J connectivity index is 3.25. The molecule has 0 bridgehead atoms. The van der Waals surface area contributed by atoms with Gasteiger partial charge in [-0.05, 0) is 18.9 Å². The second-order valence-corrected chi connectivity index (χ2v) is 4.59. The molecule has 0 radical (unpaired) electrons. The number of nitrogens with zero attached hydrogens (tertiary/aromatic N) is 1. The number of carboxylic acid groups (broad SMARTS) is 1. The monoisotopic (exact) mass is 270 g/mol. The van der Waals surface area contributed by atoms with Crippen LogP contribution in [0, 0.1) is 21.8 Å². The summed E-state index contributed by atoms with van der Waals surface area (Å²) in [7, 11) is 0. The first kappa shape index (κ1) is 14.9. The van der Waals surface area contributed by atoms with Crippen molar-refractivity contribution < 1.29 is 19.2 Å². The zero-order valence-corrected chi connectivity index (χ0v) is 10.8. The molecule has 0 heterocycles. The van der Waals surface area contributed by atoms with Crippen LogP contribution in [0.15, 0.2) is 12.1 Å². The standard InChI is InChI=1S/C12H15FN2O4/c1-6(2)7(3)14-10-4-8(12(16)17)11(15(18)19)5-9(10)13/h4-7,14H,1-3H3,(H,16,17). The number of nitro benzene ring substituents is 1. The van der Waals surface area contributed by atoms with Crippen LogP contribution in [-0.4, -0.2) is 22.0 Å². The van der Waals surface area contributed by atoms with Gasteiger partial charge in [0, 0.05) is 6.04 Å². The highest BCUT2D eigenvalue weighted by Crippen LogP contribution is 2.27. The maximum Gasteiger partial charge on any atom is 0.342 e. The zero-order valence-electron chi connectivity index (χ0n) is 10.8. The molecule has 0 aliphatic rings. The Morgan fingerprint density at radius 1 is 1.42 bits per heavy atom. The van der Waals surface area contributed by atoms with E-state index in [1.54, 1.807) is 0 Å². The molecule has 0 fully saturated rings. The van der Waals surface area contributed by atoms with Crippen LogP contribution in [0.3, 0.4) is 0 Å². The highest BCUT2D eigenvalue weighted by Gasteiger charge is 2.24. The van der Waals surface area contributed by atoms with E-state index >= 15 is 0 Å². The molecule has 2 N–H and O–H groups in total. The number of rotatable bonds is 5. The van der Waals surface area contributed by atoms with Crippen molar-refractivity contribution in [2.45, 2.75) is 26.8 Å². The number of carbonyl (C=O) groups is 1. The first-order valence-corrected chi connectivity index (χ1v) is 5.71. The number of nitrogens with one attached hydrogen (secondary N) is 1. The number of hydrogen-bond acceptors (Lipinski definition) is 4. The summed E-state index contributed by atoms with van der Waals surface area (Å²) >= 11 is 0. The average Bonchev–Trinajstić information content (AvgIpc) is 2.30. The minimum absolute atomic E-state index is 0.0517. The molecule has 1 rings (SSSR count). The largest absolute Gasteiger partial charge is 0.477 e. The van der Waals surface area contributed by atoms with E-state index in [0.717, 1.165) is 6.07 Å². The molecule has 0 saturated carbocycles. The first-order valence-electron chi connectivity index (χ1n) is 5.71. The summed E-state index contributed by atoms with van der Waals surface area (Å²) in [5.41, 5.74) is -1.35. The lowest BCUT2D eigenvalue weighted by molar-refractivity contribution is -0.385. The Morgan fingerprint density at radius 2 is 2.00 bits per heavy atom. The van der Waals surface area contributed by atoms with E-state index in [0.29, 0.717) is 6.07 Å². The minimum atomic E-state index is -1.47. The summed E-state index contributed by atoms with van der Waals surface area (Å²) in [6.07, 6.45) is 0. The van der Waals surface area contributed by atoms with Gasteiger partial charge in [0.05, 0.1) is 16.7 Å². The smallest absolute Gasteiger partial charge is 0.342 e. The van der Waals surface area contributed by atoms with Gasteiger partial charge in [0.25, 0.3) is 5.69 Å². The Morgan fingerprint density at radius 3 is 2.42 bits per heavy atom. The van der Waals surface area contributed by atoms with Crippen molar-refractivity contribution >= 4 is 17.3 Å². The summed E-state index contributed by atoms with van der Waals surface area (Å²) in [6.45, 7) is 5.64. The number of hydrogen-bond donors (Lipinski definition) is 2. The van der Waals surface area contributed by atoms with Crippen LogP contribution in [-0.2, 0) is 0 Å². The summed E-state index contributed by atoms with van der Waals surface area (Å²) in [4.78, 5) is 20.7. The predicted octanol–water partition coefficient (Wildman–Crippen LogP) is 2.89. The third-order valence-electron chi connectivity index (χ3n) is 2.90. The number of carboxylic acids is 1. The number of nitro groups is 1. The Kier molecular flexibility index (Phi) is 4.42. The van der Waals surface area contributed by atoms with Crippen molar-refractivity contribution in [3.63, 3.8) is 0 Å². The number of aromatic carboxylic acids is 1. The molecular weight excluding hydrogens is 255 g/mol. The van der Waals surface area contributed by atoms with Gasteiger partial charge in [-0.3, -0.25) is 10.1 Å². The molecule has 7 heteroatoms. The lowest BCUT2D eigenvalue weighted by Crippen LogP contribution is -2.22. The third-order valence-corrected chi connectivity index (χ3v) is 2.90. The van der Waals surface area contributed by atoms with E-state index < -0.39 is 28.0 Å². The van der Waals surface area contributed by atoms with E-state index in [4.69, 9.17) is 5.11 Å². The average molecular weight is 270 g/mol. The Hall–Kier alpha value is -2.18. The molecule has 0 saturated heterocycles. The number of anilines is 1. The lowest BCUT2D eigenvalue weighted by atomic mass is 10.1. The van der Waals surface area contributed by atoms with Crippen molar-refractivity contribution in [3.05, 3.63) is 33.6 Å². The van der Waals surface area contributed by atoms with Crippen LogP contribution in [0.25, 0.3) is 0 Å². The topological polar surface area (TPSA) is 92.5 Å². The van der Waals surface area contributed by atoms with E-state index in [1.807, 2.05) is 20.8 Å². The molecule has 1 aromatic rings. The van der Waals surface area contributed by atoms with E-state index in [2.05, 4.69) is 5.32 Å². The van der Waals surface area contributed by atoms with Gasteiger partial charge in [0.15, 0.2) is 5.82 Å². The third kappa shape index (κ3) is 3.40. The van der Waals surface area contributed by atoms with Crippen molar-refractivity contribution in [2.75, 3.05) is 5.32 Å². The van der Waals surface area contributed by atoms with Gasteiger partial charge in [-0.25, -0.2) is 9.18 Å². The maximum atomic E-state index is 13.7. The summed E-state index contributed by atoms with van der Waals surface area (Å²) in [5.74, 6) is -2.11. The summed E-state index contributed by atoms with van der Waals surface area (Å²) in [5, 5.41) is 22.4. The van der Waals surface area contributed by atoms with Crippen LogP contribution < -0.4 is 5.32 Å². The molecule has 1 atom stereocenters. The van der Waals surface area contributed by atoms with Crippen LogP contribution in [0.4, 0.5) is 15.8 Å². The Labute approximate surface area is 109 Å². The molecule has 19 heavy (non-hydrogen) atoms. The van der Waals surface area contributed by atoms with Crippen molar-refractivity contribution in [3.8, 4) is 0 Å². The van der Waals surface area contributed by atoms with Crippen molar-refractivity contribution in [1.29, 1.82) is 0 Å². The van der Waals surface area contributed by atoms with E-state index in [1.165, 1.54) is 0 Å². The fourth-order valence-corrected chi connectivity index (χ4v) is 1.41. The second-order valence-electron chi connectivity index (χ2n) is 4.59. The number of benzene rings is 1. The van der Waals surface area contributed by atoms with Crippen LogP contribution in [0.5, 0.6) is 0 Å². The van der Waals surface area contributed by atoms with Gasteiger partial charge in [0.1, 0.15) is 5.56 Å². The van der Waals surface area contributed by atoms with Gasteiger partial charge >= 0.3 is 5.97 Å². The predicted molar refractivity (Wildman–Crippen MR) is 67.9 cm³/mol. The van der Waals surface area contributed by atoms with Crippen LogP contribution in [0.1, 0.15) is 31.1 Å². The van der Waals surface area contributed by atoms with E-state index in [-0.39, 0.29) is 17.6 Å². The molecule has 104 valence electrons. The van der Waals surface area contributed by atoms with Crippen LogP contribution in [0.2, 0.25) is 0 Å². The maximum absolute atomic E-state index is 13.7. The minimum Gasteiger partial charge on any atom is -0.477 e. The van der Waals surface area contributed by atoms with Gasteiger partial charge in [-0.15, -0.1) is 0 Å². The fraction of sp³-hybridized carbons (Fsp3) is 0.417. The quantitative estimate of drug-likeness (QED) is 0.634. The number of halogens is 1. The summed E-state index contributed by atoms with van der Waals surface area (Å²) in [6, 6.07) is 1.48. The van der Waals surface area contributed by atoms with Crippen molar-refractivity contribution in [2.24, 2.45) is 5.92 Å². The second kappa shape index (κ2) is 5.64. The normalized spacial score (nSPS) is 12.3. The highest BCUT2D eigenvalue weighted by atomic mass is 19.1. The molecule has 0 aliphatic carbocycles. The van der Waals surface area contributed by atoms with Gasteiger partial charge in [-0.2, -0.15) is 0 Å². The zero-order chi connectivity index (χ0) is 14.7. The fourth-order valence-electron chi connectivity index (χ4n) is 1.41. The Bertz CT molecular complexity index is 517. The van der Waals surface area contributed by atoms with Gasteiger partial charge < -0.3 is 10.4 Å². The lowest BCUT2D eigenvalue weighted by Gasteiger charge is -2.19. The molecular formula is C12H15FN2O4. The molecule has 1 aromatic carbocycles. The van der Waals surface area contributed by atoms with E-state index in [9.17, 15) is 19.3 Å². The first-order chi connectivity index (χ1) is 8.73. The SMILES string of the molecule is CC(C)C(C)Nc1cc(C(=O)O)c([N+](=O)[O-])cc1F. The molecule has 6 nitrogen and oxygen atoms in total. The van der Waals surface area contributed by atoms with Crippen molar-refractivity contribution in [1.82, 2.24) is 0 Å². The molecule has 1 unspecified atom stereocenters. The molecule has 0 aliphatic heterocycles. The molecule has 0 spiro atoms. The molecule has 0 amide bonds.